The van der Waals surface area contributed by atoms with Crippen molar-refractivity contribution < 1.29 is 24.0 Å². The number of non-ortho nitro benzene ring substituents is 1. The molecule has 0 unspecified atom stereocenters. The van der Waals surface area contributed by atoms with E-state index in [1.807, 2.05) is 0 Å². The zero-order valence-corrected chi connectivity index (χ0v) is 16.7. The molecule has 158 valence electrons. The molecule has 0 aliphatic heterocycles. The largest absolute Gasteiger partial charge is 0.497 e. The third-order valence-corrected chi connectivity index (χ3v) is 4.05. The van der Waals surface area contributed by atoms with E-state index in [2.05, 4.69) is 10.6 Å². The molecule has 0 spiro atoms. The number of nitro groups is 1. The van der Waals surface area contributed by atoms with Crippen LogP contribution in [-0.4, -0.2) is 44.1 Å². The number of nitrogens with zero attached hydrogens (tertiary/aromatic N) is 1. The molecule has 0 radical (unpaired) electrons. The first-order valence-electron chi connectivity index (χ1n) is 9.13. The van der Waals surface area contributed by atoms with Gasteiger partial charge in [0.05, 0.1) is 12.0 Å². The van der Waals surface area contributed by atoms with Gasteiger partial charge in [-0.05, 0) is 42.3 Å². The number of ether oxygens (including phenoxy) is 2. The zero-order valence-electron chi connectivity index (χ0n) is 16.7. The second kappa shape index (κ2) is 11.3. The van der Waals surface area contributed by atoms with Crippen molar-refractivity contribution in [1.29, 1.82) is 0 Å². The van der Waals surface area contributed by atoms with Crippen LogP contribution in [0.5, 0.6) is 5.75 Å². The van der Waals surface area contributed by atoms with Crippen molar-refractivity contribution in [3.05, 3.63) is 75.5 Å². The first-order chi connectivity index (χ1) is 14.4. The third kappa shape index (κ3) is 6.71. The Kier molecular flexibility index (Phi) is 8.52. The van der Waals surface area contributed by atoms with Crippen molar-refractivity contribution in [2.45, 2.75) is 6.42 Å². The number of nitrogens with one attached hydrogen (secondary N) is 2. The van der Waals surface area contributed by atoms with Gasteiger partial charge in [0.1, 0.15) is 11.4 Å². The predicted octanol–water partition coefficient (Wildman–Crippen LogP) is 2.53. The van der Waals surface area contributed by atoms with E-state index in [1.54, 1.807) is 37.4 Å². The van der Waals surface area contributed by atoms with Crippen LogP contribution >= 0.6 is 0 Å². The summed E-state index contributed by atoms with van der Waals surface area (Å²) in [4.78, 5) is 35.7. The molecule has 2 rings (SSSR count). The fourth-order valence-corrected chi connectivity index (χ4v) is 2.50. The minimum absolute atomic E-state index is 0.0336. The highest BCUT2D eigenvalue weighted by Gasteiger charge is 2.15. The summed E-state index contributed by atoms with van der Waals surface area (Å²) in [6, 6.07) is 12.2. The maximum Gasteiger partial charge on any atom is 0.270 e. The fourth-order valence-electron chi connectivity index (χ4n) is 2.50. The Bertz CT molecular complexity index is 925. The van der Waals surface area contributed by atoms with Gasteiger partial charge in [0.15, 0.2) is 0 Å². The van der Waals surface area contributed by atoms with Crippen LogP contribution in [0.2, 0.25) is 0 Å². The van der Waals surface area contributed by atoms with Gasteiger partial charge in [0.25, 0.3) is 17.5 Å². The fraction of sp³-hybridized carbons (Fsp3) is 0.238. The molecule has 0 heterocycles. The molecule has 0 aromatic heterocycles. The second-order valence-electron chi connectivity index (χ2n) is 6.19. The van der Waals surface area contributed by atoms with Crippen LogP contribution in [0.1, 0.15) is 22.3 Å². The molecule has 9 nitrogen and oxygen atoms in total. The van der Waals surface area contributed by atoms with E-state index in [-0.39, 0.29) is 11.4 Å². The Morgan fingerprint density at radius 2 is 1.87 bits per heavy atom. The standard InChI is InChI=1S/C21H23N3O6/c1-29-12-4-11-22-21(26)19(14-15-5-3-6-17(13-15)24(27)28)23-20(25)16-7-9-18(30-2)10-8-16/h3,5-10,13-14H,4,11-12H2,1-2H3,(H,22,26)(H,23,25)/b19-14-. The van der Waals surface area contributed by atoms with Gasteiger partial charge in [-0.2, -0.15) is 0 Å². The van der Waals surface area contributed by atoms with Crippen LogP contribution in [0.3, 0.4) is 0 Å². The van der Waals surface area contributed by atoms with E-state index in [9.17, 15) is 19.7 Å². The Hall–Kier alpha value is -3.72. The van der Waals surface area contributed by atoms with Gasteiger partial charge < -0.3 is 20.1 Å². The molecule has 2 aromatic carbocycles. The molecule has 30 heavy (non-hydrogen) atoms. The highest BCUT2D eigenvalue weighted by Crippen LogP contribution is 2.16. The molecular weight excluding hydrogens is 390 g/mol. The molecule has 0 saturated heterocycles. The van der Waals surface area contributed by atoms with Crippen LogP contribution in [0.15, 0.2) is 54.2 Å². The molecule has 0 bridgehead atoms. The van der Waals surface area contributed by atoms with E-state index >= 15 is 0 Å². The van der Waals surface area contributed by atoms with E-state index in [0.717, 1.165) is 0 Å². The Labute approximate surface area is 173 Å². The first-order valence-corrected chi connectivity index (χ1v) is 9.13. The number of carbonyl (C=O) groups excluding carboxylic acids is 2. The molecular formula is C21H23N3O6. The van der Waals surface area contributed by atoms with Gasteiger partial charge >= 0.3 is 0 Å². The van der Waals surface area contributed by atoms with Gasteiger partial charge in [0.2, 0.25) is 0 Å². The number of rotatable bonds is 10. The Balaban J connectivity index is 2.25. The summed E-state index contributed by atoms with van der Waals surface area (Å²) in [5.74, 6) is -0.421. The summed E-state index contributed by atoms with van der Waals surface area (Å²) in [6.45, 7) is 0.819. The van der Waals surface area contributed by atoms with Crippen LogP contribution in [0.4, 0.5) is 5.69 Å². The summed E-state index contributed by atoms with van der Waals surface area (Å²) >= 11 is 0. The van der Waals surface area contributed by atoms with Crippen molar-refractivity contribution in [3.63, 3.8) is 0 Å². The monoisotopic (exact) mass is 413 g/mol. The van der Waals surface area contributed by atoms with E-state index in [1.165, 1.54) is 31.4 Å². The lowest BCUT2D eigenvalue weighted by Crippen LogP contribution is -2.35. The van der Waals surface area contributed by atoms with Gasteiger partial charge in [-0.3, -0.25) is 19.7 Å². The van der Waals surface area contributed by atoms with Crippen LogP contribution < -0.4 is 15.4 Å². The maximum atomic E-state index is 12.6. The highest BCUT2D eigenvalue weighted by molar-refractivity contribution is 6.05. The quantitative estimate of drug-likeness (QED) is 0.267. The molecule has 0 saturated carbocycles. The molecule has 9 heteroatoms. The summed E-state index contributed by atoms with van der Waals surface area (Å²) in [5, 5.41) is 16.3. The normalized spacial score (nSPS) is 10.9. The zero-order chi connectivity index (χ0) is 21.9. The van der Waals surface area contributed by atoms with Gasteiger partial charge in [-0.1, -0.05) is 12.1 Å². The number of amides is 2. The Morgan fingerprint density at radius 1 is 1.13 bits per heavy atom. The number of hydrogen-bond donors (Lipinski definition) is 2. The van der Waals surface area contributed by atoms with Crippen molar-refractivity contribution in [2.75, 3.05) is 27.4 Å². The SMILES string of the molecule is COCCCNC(=O)/C(=C/c1cccc([N+](=O)[O-])c1)NC(=O)c1ccc(OC)cc1. The van der Waals surface area contributed by atoms with E-state index in [4.69, 9.17) is 9.47 Å². The minimum atomic E-state index is -0.530. The van der Waals surface area contributed by atoms with Gasteiger partial charge in [-0.15, -0.1) is 0 Å². The van der Waals surface area contributed by atoms with E-state index < -0.39 is 16.7 Å². The summed E-state index contributed by atoms with van der Waals surface area (Å²) in [7, 11) is 3.08. The highest BCUT2D eigenvalue weighted by atomic mass is 16.6. The molecule has 2 aromatic rings. The summed E-state index contributed by atoms with van der Waals surface area (Å²) in [6.07, 6.45) is 1.98. The average molecular weight is 413 g/mol. The number of methoxy groups -OCH3 is 2. The number of hydrogen-bond acceptors (Lipinski definition) is 6. The molecule has 0 aliphatic carbocycles. The van der Waals surface area contributed by atoms with Crippen LogP contribution in [0.25, 0.3) is 6.08 Å². The predicted molar refractivity (Wildman–Crippen MR) is 111 cm³/mol. The molecule has 2 amide bonds. The smallest absolute Gasteiger partial charge is 0.270 e. The number of carbonyl (C=O) groups is 2. The molecule has 0 aliphatic rings. The minimum Gasteiger partial charge on any atom is -0.497 e. The lowest BCUT2D eigenvalue weighted by molar-refractivity contribution is -0.384. The average Bonchev–Trinajstić information content (AvgIpc) is 2.76. The van der Waals surface area contributed by atoms with Crippen molar-refractivity contribution in [2.24, 2.45) is 0 Å². The molecule has 0 atom stereocenters. The van der Waals surface area contributed by atoms with Crippen LogP contribution in [-0.2, 0) is 9.53 Å². The second-order valence-corrected chi connectivity index (χ2v) is 6.19. The lowest BCUT2D eigenvalue weighted by atomic mass is 10.1. The van der Waals surface area contributed by atoms with Gasteiger partial charge in [-0.25, -0.2) is 0 Å². The van der Waals surface area contributed by atoms with Crippen LogP contribution in [0, 0.1) is 10.1 Å². The number of benzene rings is 2. The third-order valence-electron chi connectivity index (χ3n) is 4.05. The lowest BCUT2D eigenvalue weighted by Gasteiger charge is -2.11. The molecule has 2 N–H and O–H groups in total. The summed E-state index contributed by atoms with van der Waals surface area (Å²) < 4.78 is 10.0. The van der Waals surface area contributed by atoms with Crippen molar-refractivity contribution >= 4 is 23.6 Å². The van der Waals surface area contributed by atoms with Crippen molar-refractivity contribution in [3.8, 4) is 5.75 Å². The van der Waals surface area contributed by atoms with Gasteiger partial charge in [0, 0.05) is 38.0 Å². The first kappa shape index (κ1) is 22.6. The summed E-state index contributed by atoms with van der Waals surface area (Å²) in [5.41, 5.74) is 0.577. The maximum absolute atomic E-state index is 12.6. The molecule has 0 fully saturated rings. The Morgan fingerprint density at radius 3 is 2.50 bits per heavy atom. The number of nitro benzene ring substituents is 1. The topological polar surface area (TPSA) is 120 Å². The van der Waals surface area contributed by atoms with E-state index in [0.29, 0.717) is 36.4 Å². The van der Waals surface area contributed by atoms with Crippen molar-refractivity contribution in [1.82, 2.24) is 10.6 Å².